The topological polar surface area (TPSA) is 72.3 Å². The number of carbonyl (C=O) groups excluding carboxylic acids is 1. The van der Waals surface area contributed by atoms with Crippen LogP contribution in [0.4, 0.5) is 0 Å². The number of carbonyl (C=O) groups is 1. The Hall–Kier alpha value is -1.37. The van der Waals surface area contributed by atoms with Crippen LogP contribution in [-0.4, -0.2) is 54.1 Å². The summed E-state index contributed by atoms with van der Waals surface area (Å²) in [6.45, 7) is 4.65. The molecule has 1 amide bonds. The zero-order valence-electron chi connectivity index (χ0n) is 12.9. The molecule has 2 rings (SSSR count). The Morgan fingerprint density at radius 3 is 2.81 bits per heavy atom. The fourth-order valence-corrected chi connectivity index (χ4v) is 4.31. The number of sulfone groups is 1. The number of aromatic nitrogens is 2. The van der Waals surface area contributed by atoms with Gasteiger partial charge in [0.05, 0.1) is 17.5 Å². The molecule has 0 bridgehead atoms. The molecule has 0 spiro atoms. The van der Waals surface area contributed by atoms with E-state index < -0.39 is 9.84 Å². The highest BCUT2D eigenvalue weighted by atomic mass is 32.2. The molecule has 1 aromatic heterocycles. The lowest BCUT2D eigenvalue weighted by molar-refractivity contribution is 0.0786. The van der Waals surface area contributed by atoms with Gasteiger partial charge in [-0.25, -0.2) is 8.42 Å². The lowest BCUT2D eigenvalue weighted by Gasteiger charge is -2.15. The second kappa shape index (κ2) is 6.17. The van der Waals surface area contributed by atoms with E-state index in [1.54, 1.807) is 22.7 Å². The van der Waals surface area contributed by atoms with E-state index in [1.165, 1.54) is 0 Å². The van der Waals surface area contributed by atoms with Crippen molar-refractivity contribution in [3.63, 3.8) is 0 Å². The lowest BCUT2D eigenvalue weighted by atomic mass is 10.2. The zero-order chi connectivity index (χ0) is 15.6. The summed E-state index contributed by atoms with van der Waals surface area (Å²) < 4.78 is 24.9. The van der Waals surface area contributed by atoms with Crippen molar-refractivity contribution >= 4 is 15.7 Å². The quantitative estimate of drug-likeness (QED) is 0.824. The molecule has 1 fully saturated rings. The Morgan fingerprint density at radius 2 is 2.24 bits per heavy atom. The first kappa shape index (κ1) is 16.0. The van der Waals surface area contributed by atoms with Crippen molar-refractivity contribution in [3.8, 4) is 0 Å². The van der Waals surface area contributed by atoms with Gasteiger partial charge in [0, 0.05) is 19.3 Å². The molecule has 0 saturated carbocycles. The van der Waals surface area contributed by atoms with Gasteiger partial charge in [0.2, 0.25) is 0 Å². The molecule has 0 radical (unpaired) electrons. The van der Waals surface area contributed by atoms with Gasteiger partial charge in [0.15, 0.2) is 15.5 Å². The molecule has 0 aliphatic carbocycles. The highest BCUT2D eigenvalue weighted by molar-refractivity contribution is 7.91. The summed E-state index contributed by atoms with van der Waals surface area (Å²) in [4.78, 5) is 14.0. The third-order valence-corrected chi connectivity index (χ3v) is 5.64. The highest BCUT2D eigenvalue weighted by Gasteiger charge is 2.31. The third kappa shape index (κ3) is 3.64. The summed E-state index contributed by atoms with van der Waals surface area (Å²) in [6.07, 6.45) is 2.57. The van der Waals surface area contributed by atoms with Crippen LogP contribution in [0.5, 0.6) is 0 Å². The first-order chi connectivity index (χ1) is 9.84. The molecule has 0 aromatic carbocycles. The Morgan fingerprint density at radius 1 is 1.52 bits per heavy atom. The molecule has 6 nitrogen and oxygen atoms in total. The molecule has 1 saturated heterocycles. The largest absolute Gasteiger partial charge is 0.340 e. The second-order valence-electron chi connectivity index (χ2n) is 5.75. The highest BCUT2D eigenvalue weighted by Crippen LogP contribution is 2.24. The van der Waals surface area contributed by atoms with Crippen molar-refractivity contribution in [1.82, 2.24) is 14.7 Å². The summed E-state index contributed by atoms with van der Waals surface area (Å²) >= 11 is 0. The van der Waals surface area contributed by atoms with Crippen molar-refractivity contribution in [2.45, 2.75) is 39.2 Å². The first-order valence-corrected chi connectivity index (χ1v) is 9.18. The van der Waals surface area contributed by atoms with E-state index in [4.69, 9.17) is 0 Å². The van der Waals surface area contributed by atoms with E-state index in [1.807, 2.05) is 6.92 Å². The van der Waals surface area contributed by atoms with Crippen LogP contribution in [0.15, 0.2) is 6.07 Å². The van der Waals surface area contributed by atoms with Gasteiger partial charge in [-0.05, 0) is 25.8 Å². The van der Waals surface area contributed by atoms with Crippen LogP contribution < -0.4 is 0 Å². The van der Waals surface area contributed by atoms with E-state index in [0.717, 1.165) is 18.5 Å². The maximum atomic E-state index is 12.3. The molecule has 1 unspecified atom stereocenters. The van der Waals surface area contributed by atoms with Gasteiger partial charge in [-0.3, -0.25) is 9.48 Å². The fourth-order valence-electron chi connectivity index (χ4n) is 2.62. The predicted octanol–water partition coefficient (Wildman–Crippen LogP) is 1.42. The monoisotopic (exact) mass is 313 g/mol. The van der Waals surface area contributed by atoms with Gasteiger partial charge in [-0.2, -0.15) is 5.10 Å². The molecule has 21 heavy (non-hydrogen) atoms. The molecule has 7 heteroatoms. The summed E-state index contributed by atoms with van der Waals surface area (Å²) in [5, 5.41) is 4.35. The number of amides is 1. The minimum absolute atomic E-state index is 0.105. The number of hydrogen-bond acceptors (Lipinski definition) is 4. The number of rotatable bonds is 5. The summed E-state index contributed by atoms with van der Waals surface area (Å²) in [6, 6.07) is 1.60. The molecule has 118 valence electrons. The van der Waals surface area contributed by atoms with E-state index >= 15 is 0 Å². The van der Waals surface area contributed by atoms with Gasteiger partial charge in [0.1, 0.15) is 0 Å². The predicted molar refractivity (Wildman–Crippen MR) is 81.1 cm³/mol. The van der Waals surface area contributed by atoms with E-state index in [9.17, 15) is 13.2 Å². The number of hydrogen-bond donors (Lipinski definition) is 0. The molecule has 1 aliphatic rings. The fraction of sp³-hybridized carbons (Fsp3) is 0.714. The van der Waals surface area contributed by atoms with Crippen molar-refractivity contribution < 1.29 is 13.2 Å². The van der Waals surface area contributed by atoms with Crippen LogP contribution in [0, 0.1) is 6.92 Å². The van der Waals surface area contributed by atoms with Crippen LogP contribution in [-0.2, 0) is 9.84 Å². The van der Waals surface area contributed by atoms with Crippen LogP contribution in [0.25, 0.3) is 0 Å². The minimum Gasteiger partial charge on any atom is -0.340 e. The molecular formula is C14H23N3O3S. The average Bonchev–Trinajstić information content (AvgIpc) is 2.97. The Kier molecular flexibility index (Phi) is 4.70. The first-order valence-electron chi connectivity index (χ1n) is 7.36. The number of aryl methyl sites for hydroxylation is 1. The van der Waals surface area contributed by atoms with E-state index in [2.05, 4.69) is 12.0 Å². The summed E-state index contributed by atoms with van der Waals surface area (Å²) in [5.74, 6) is 0.219. The molecular weight excluding hydrogens is 290 g/mol. The molecule has 1 aliphatic heterocycles. The minimum atomic E-state index is -2.96. The third-order valence-electron chi connectivity index (χ3n) is 3.89. The Bertz CT molecular complexity index is 621. The molecule has 2 heterocycles. The number of nitrogens with zero attached hydrogens (tertiary/aromatic N) is 3. The van der Waals surface area contributed by atoms with Crippen molar-refractivity contribution in [2.75, 3.05) is 25.1 Å². The van der Waals surface area contributed by atoms with Gasteiger partial charge < -0.3 is 4.90 Å². The second-order valence-corrected chi connectivity index (χ2v) is 7.98. The lowest BCUT2D eigenvalue weighted by Crippen LogP contribution is -2.28. The maximum absolute atomic E-state index is 12.3. The van der Waals surface area contributed by atoms with E-state index in [-0.39, 0.29) is 23.5 Å². The van der Waals surface area contributed by atoms with Gasteiger partial charge in [-0.1, -0.05) is 13.3 Å². The maximum Gasteiger partial charge on any atom is 0.274 e. The van der Waals surface area contributed by atoms with Crippen molar-refractivity contribution in [2.24, 2.45) is 0 Å². The molecule has 1 aromatic rings. The standard InChI is InChI=1S/C14H23N3O3S/c1-4-5-7-16(3)14(18)13-9-11(2)17(15-13)12-6-8-21(19,20)10-12/h9,12H,4-8,10H2,1-3H3. The number of unbranched alkanes of at least 4 members (excludes halogenated alkanes) is 1. The smallest absolute Gasteiger partial charge is 0.274 e. The van der Waals surface area contributed by atoms with Crippen LogP contribution in [0.1, 0.15) is 48.4 Å². The van der Waals surface area contributed by atoms with Crippen molar-refractivity contribution in [1.29, 1.82) is 0 Å². The van der Waals surface area contributed by atoms with Gasteiger partial charge in [0.25, 0.3) is 5.91 Å². The van der Waals surface area contributed by atoms with Crippen LogP contribution in [0.2, 0.25) is 0 Å². The normalized spacial score (nSPS) is 20.6. The van der Waals surface area contributed by atoms with Crippen LogP contribution >= 0.6 is 0 Å². The van der Waals surface area contributed by atoms with Crippen LogP contribution in [0.3, 0.4) is 0 Å². The summed E-state index contributed by atoms with van der Waals surface area (Å²) in [5.41, 5.74) is 1.24. The van der Waals surface area contributed by atoms with Gasteiger partial charge >= 0.3 is 0 Å². The Labute approximate surface area is 126 Å². The Balaban J connectivity index is 2.14. The molecule has 1 atom stereocenters. The molecule has 0 N–H and O–H groups in total. The van der Waals surface area contributed by atoms with Gasteiger partial charge in [-0.15, -0.1) is 0 Å². The van der Waals surface area contributed by atoms with Crippen molar-refractivity contribution in [3.05, 3.63) is 17.5 Å². The summed E-state index contributed by atoms with van der Waals surface area (Å²) in [7, 11) is -1.19. The zero-order valence-corrected chi connectivity index (χ0v) is 13.7. The van der Waals surface area contributed by atoms with E-state index in [0.29, 0.717) is 18.7 Å². The average molecular weight is 313 g/mol. The SMILES string of the molecule is CCCCN(C)C(=O)c1cc(C)n(C2CCS(=O)(=O)C2)n1.